The van der Waals surface area contributed by atoms with Crippen molar-refractivity contribution in [3.05, 3.63) is 42.5 Å². The summed E-state index contributed by atoms with van der Waals surface area (Å²) in [6, 6.07) is 12.9. The lowest BCUT2D eigenvalue weighted by Crippen LogP contribution is -2.36. The zero-order chi connectivity index (χ0) is 23.5. The first-order valence-electron chi connectivity index (χ1n) is 11.4. The quantitative estimate of drug-likeness (QED) is 0.469. The molecule has 0 unspecified atom stereocenters. The van der Waals surface area contributed by atoms with Gasteiger partial charge in [-0.05, 0) is 55.7 Å². The number of hydrogen-bond acceptors (Lipinski definition) is 7. The lowest BCUT2D eigenvalue weighted by Gasteiger charge is -2.26. The van der Waals surface area contributed by atoms with Gasteiger partial charge < -0.3 is 14.7 Å². The van der Waals surface area contributed by atoms with Crippen LogP contribution in [0.25, 0.3) is 33.9 Å². The largest absolute Gasteiger partial charge is 0.343 e. The van der Waals surface area contributed by atoms with Crippen LogP contribution in [0.1, 0.15) is 32.6 Å². The molecule has 1 fully saturated rings. The molecule has 10 nitrogen and oxygen atoms in total. The molecule has 1 saturated heterocycles. The van der Waals surface area contributed by atoms with Gasteiger partial charge in [-0.3, -0.25) is 9.59 Å². The van der Waals surface area contributed by atoms with E-state index in [1.807, 2.05) is 35.2 Å². The molecule has 5 rings (SSSR count). The van der Waals surface area contributed by atoms with Crippen LogP contribution in [0.4, 0.5) is 5.69 Å². The number of anilines is 1. The Morgan fingerprint density at radius 3 is 2.74 bits per heavy atom. The molecule has 1 aliphatic heterocycles. The van der Waals surface area contributed by atoms with Crippen LogP contribution in [0, 0.1) is 0 Å². The van der Waals surface area contributed by atoms with E-state index in [0.717, 1.165) is 37.0 Å². The highest BCUT2D eigenvalue weighted by Gasteiger charge is 2.18. The molecule has 4 aromatic rings. The minimum Gasteiger partial charge on any atom is -0.343 e. The third kappa shape index (κ3) is 4.66. The van der Waals surface area contributed by atoms with Crippen LogP contribution >= 0.6 is 0 Å². The highest BCUT2D eigenvalue weighted by molar-refractivity contribution is 5.89. The van der Waals surface area contributed by atoms with E-state index in [4.69, 9.17) is 4.52 Å². The van der Waals surface area contributed by atoms with Gasteiger partial charge in [-0.15, -0.1) is 5.10 Å². The van der Waals surface area contributed by atoms with Gasteiger partial charge in [0, 0.05) is 43.2 Å². The highest BCUT2D eigenvalue weighted by Crippen LogP contribution is 2.26. The Kier molecular flexibility index (Phi) is 6.03. The normalized spacial score (nSPS) is 13.9. The minimum atomic E-state index is -0.152. The van der Waals surface area contributed by atoms with E-state index in [2.05, 4.69) is 25.8 Å². The van der Waals surface area contributed by atoms with Crippen molar-refractivity contribution < 1.29 is 14.1 Å². The second kappa shape index (κ2) is 9.42. The third-order valence-electron chi connectivity index (χ3n) is 5.87. The van der Waals surface area contributed by atoms with Crippen LogP contribution < -0.4 is 5.32 Å². The second-order valence-corrected chi connectivity index (χ2v) is 8.39. The maximum atomic E-state index is 12.5. The van der Waals surface area contributed by atoms with Crippen LogP contribution in [0.2, 0.25) is 0 Å². The van der Waals surface area contributed by atoms with E-state index in [9.17, 15) is 9.59 Å². The van der Waals surface area contributed by atoms with Crippen LogP contribution in [0.5, 0.6) is 0 Å². The molecule has 10 heteroatoms. The average molecular weight is 460 g/mol. The number of hydrogen-bond donors (Lipinski definition) is 1. The summed E-state index contributed by atoms with van der Waals surface area (Å²) < 4.78 is 7.21. The van der Waals surface area contributed by atoms with Crippen molar-refractivity contribution in [1.29, 1.82) is 0 Å². The van der Waals surface area contributed by atoms with Crippen LogP contribution in [0.3, 0.4) is 0 Å². The number of likely N-dealkylation sites (tertiary alicyclic amines) is 1. The Labute approximate surface area is 195 Å². The molecule has 0 spiro atoms. The number of fused-ring (bicyclic) bond motifs is 1. The fourth-order valence-electron chi connectivity index (χ4n) is 4.17. The number of benzene rings is 2. The fourth-order valence-corrected chi connectivity index (χ4v) is 4.17. The topological polar surface area (TPSA) is 119 Å². The van der Waals surface area contributed by atoms with Gasteiger partial charge >= 0.3 is 0 Å². The van der Waals surface area contributed by atoms with Gasteiger partial charge in [0.1, 0.15) is 5.52 Å². The molecule has 0 atom stereocenters. The first-order valence-corrected chi connectivity index (χ1v) is 11.4. The standard InChI is InChI=1S/C24H25N7O3/c1-16(32)25-19-7-5-6-18(14-19)24-26-23(28-34-24)17-8-9-21-20(15-17)27-29-31(21)13-10-22(33)30-11-3-2-4-12-30/h5-9,14-15H,2-4,10-13H2,1H3,(H,25,32). The molecule has 174 valence electrons. The van der Waals surface area contributed by atoms with Gasteiger partial charge in [0.2, 0.25) is 17.6 Å². The molecule has 0 saturated carbocycles. The molecule has 0 radical (unpaired) electrons. The molecular weight excluding hydrogens is 434 g/mol. The number of nitrogens with one attached hydrogen (secondary N) is 1. The maximum absolute atomic E-state index is 12.5. The Morgan fingerprint density at radius 1 is 1.06 bits per heavy atom. The number of carbonyl (C=O) groups is 2. The van der Waals surface area contributed by atoms with Crippen LogP contribution in [-0.4, -0.2) is 54.9 Å². The molecule has 0 bridgehead atoms. The molecule has 1 aliphatic rings. The first kappa shape index (κ1) is 21.7. The second-order valence-electron chi connectivity index (χ2n) is 8.39. The van der Waals surface area contributed by atoms with Gasteiger partial charge in [0.05, 0.1) is 12.1 Å². The summed E-state index contributed by atoms with van der Waals surface area (Å²) in [5.41, 5.74) is 3.65. The van der Waals surface area contributed by atoms with Crippen molar-refractivity contribution in [2.75, 3.05) is 18.4 Å². The van der Waals surface area contributed by atoms with Gasteiger partial charge in [-0.2, -0.15) is 4.98 Å². The van der Waals surface area contributed by atoms with Gasteiger partial charge in [-0.1, -0.05) is 16.4 Å². The molecule has 3 heterocycles. The van der Waals surface area contributed by atoms with E-state index in [1.165, 1.54) is 13.3 Å². The van der Waals surface area contributed by atoms with Gasteiger partial charge in [-0.25, -0.2) is 4.68 Å². The molecule has 34 heavy (non-hydrogen) atoms. The number of amides is 2. The number of piperidine rings is 1. The number of aromatic nitrogens is 5. The lowest BCUT2D eigenvalue weighted by atomic mass is 10.1. The molecule has 2 amide bonds. The summed E-state index contributed by atoms with van der Waals surface area (Å²) in [6.45, 7) is 3.65. The summed E-state index contributed by atoms with van der Waals surface area (Å²) >= 11 is 0. The SMILES string of the molecule is CC(=O)Nc1cccc(-c2nc(-c3ccc4c(c3)nnn4CCC(=O)N3CCCCC3)no2)c1. The van der Waals surface area contributed by atoms with E-state index >= 15 is 0 Å². The zero-order valence-electron chi connectivity index (χ0n) is 18.9. The summed E-state index contributed by atoms with van der Waals surface area (Å²) in [6.07, 6.45) is 3.77. The number of rotatable bonds is 6. The van der Waals surface area contributed by atoms with Crippen molar-refractivity contribution in [3.8, 4) is 22.8 Å². The molecule has 2 aromatic carbocycles. The predicted molar refractivity (Wildman–Crippen MR) is 126 cm³/mol. The lowest BCUT2D eigenvalue weighted by molar-refractivity contribution is -0.132. The van der Waals surface area contributed by atoms with Crippen molar-refractivity contribution in [3.63, 3.8) is 0 Å². The molecular formula is C24H25N7O3. The fraction of sp³-hybridized carbons (Fsp3) is 0.333. The zero-order valence-corrected chi connectivity index (χ0v) is 18.9. The summed E-state index contributed by atoms with van der Waals surface area (Å²) in [4.78, 5) is 30.2. The van der Waals surface area contributed by atoms with Crippen molar-refractivity contribution in [2.24, 2.45) is 0 Å². The summed E-state index contributed by atoms with van der Waals surface area (Å²) in [5.74, 6) is 0.793. The number of nitrogens with zero attached hydrogens (tertiary/aromatic N) is 6. The molecule has 2 aromatic heterocycles. The summed E-state index contributed by atoms with van der Waals surface area (Å²) in [7, 11) is 0. The monoisotopic (exact) mass is 459 g/mol. The summed E-state index contributed by atoms with van der Waals surface area (Å²) in [5, 5.41) is 15.3. The maximum Gasteiger partial charge on any atom is 0.258 e. The van der Waals surface area contributed by atoms with Gasteiger partial charge in [0.25, 0.3) is 5.89 Å². The molecule has 1 N–H and O–H groups in total. The smallest absolute Gasteiger partial charge is 0.258 e. The van der Waals surface area contributed by atoms with Gasteiger partial charge in [0.15, 0.2) is 0 Å². The molecule has 0 aliphatic carbocycles. The predicted octanol–water partition coefficient (Wildman–Crippen LogP) is 3.51. The Bertz CT molecular complexity index is 1340. The first-order chi connectivity index (χ1) is 16.6. The Morgan fingerprint density at radius 2 is 1.91 bits per heavy atom. The van der Waals surface area contributed by atoms with Crippen molar-refractivity contribution in [1.82, 2.24) is 30.0 Å². The number of carbonyl (C=O) groups excluding carboxylic acids is 2. The third-order valence-corrected chi connectivity index (χ3v) is 5.87. The van der Waals surface area contributed by atoms with E-state index < -0.39 is 0 Å². The Balaban J connectivity index is 1.30. The van der Waals surface area contributed by atoms with E-state index in [-0.39, 0.29) is 11.8 Å². The van der Waals surface area contributed by atoms with E-state index in [1.54, 1.807) is 16.8 Å². The van der Waals surface area contributed by atoms with Crippen molar-refractivity contribution in [2.45, 2.75) is 39.2 Å². The van der Waals surface area contributed by atoms with Crippen LogP contribution in [0.15, 0.2) is 47.0 Å². The van der Waals surface area contributed by atoms with E-state index in [0.29, 0.717) is 41.4 Å². The minimum absolute atomic E-state index is 0.152. The van der Waals surface area contributed by atoms with Crippen molar-refractivity contribution >= 4 is 28.5 Å². The Hall–Kier alpha value is -4.08. The van der Waals surface area contributed by atoms with Crippen LogP contribution in [-0.2, 0) is 16.1 Å². The highest BCUT2D eigenvalue weighted by atomic mass is 16.5. The number of aryl methyl sites for hydroxylation is 1. The average Bonchev–Trinajstić information content (AvgIpc) is 3.50.